The fraction of sp³-hybridized carbons (Fsp3) is 0.385. The first-order chi connectivity index (χ1) is 7.57. The normalized spacial score (nSPS) is 17.9. The van der Waals surface area contributed by atoms with Gasteiger partial charge in [0.05, 0.1) is 0 Å². The molecule has 0 atom stereocenters. The minimum atomic E-state index is -0.0590. The first-order valence-electron chi connectivity index (χ1n) is 5.66. The molecule has 1 aromatic heterocycles. The van der Waals surface area contributed by atoms with Crippen LogP contribution in [0.25, 0.3) is 10.9 Å². The van der Waals surface area contributed by atoms with Crippen LogP contribution in [0.5, 0.6) is 5.75 Å². The van der Waals surface area contributed by atoms with Gasteiger partial charge in [0.1, 0.15) is 5.75 Å². The molecule has 0 spiro atoms. The van der Waals surface area contributed by atoms with Crippen molar-refractivity contribution in [2.75, 3.05) is 0 Å². The maximum Gasteiger partial charge on any atom is 0.128 e. The van der Waals surface area contributed by atoms with Crippen molar-refractivity contribution in [3.05, 3.63) is 29.5 Å². The van der Waals surface area contributed by atoms with E-state index in [1.54, 1.807) is 0 Å². The fourth-order valence-corrected chi connectivity index (χ4v) is 2.23. The SMILES string of the molecule is Cc1cc2c(O)c(CC3(N)CC3)ccc2[nH]1. The van der Waals surface area contributed by atoms with Crippen molar-refractivity contribution in [3.63, 3.8) is 0 Å². The van der Waals surface area contributed by atoms with Crippen LogP contribution in [0, 0.1) is 6.92 Å². The molecule has 3 rings (SSSR count). The van der Waals surface area contributed by atoms with Crippen LogP contribution in [0.4, 0.5) is 0 Å². The van der Waals surface area contributed by atoms with Gasteiger partial charge in [0.15, 0.2) is 0 Å². The molecule has 0 saturated heterocycles. The number of hydrogen-bond donors (Lipinski definition) is 3. The zero-order valence-corrected chi connectivity index (χ0v) is 9.38. The summed E-state index contributed by atoms with van der Waals surface area (Å²) in [7, 11) is 0. The minimum Gasteiger partial charge on any atom is -0.507 e. The first-order valence-corrected chi connectivity index (χ1v) is 5.66. The van der Waals surface area contributed by atoms with E-state index in [-0.39, 0.29) is 5.54 Å². The van der Waals surface area contributed by atoms with Gasteiger partial charge in [-0.1, -0.05) is 6.07 Å². The summed E-state index contributed by atoms with van der Waals surface area (Å²) >= 11 is 0. The van der Waals surface area contributed by atoms with Crippen LogP contribution >= 0.6 is 0 Å². The van der Waals surface area contributed by atoms with Crippen LogP contribution in [0.15, 0.2) is 18.2 Å². The molecular formula is C13H16N2O. The molecule has 0 amide bonds. The van der Waals surface area contributed by atoms with Crippen molar-refractivity contribution in [1.29, 1.82) is 0 Å². The standard InChI is InChI=1S/C13H16N2O/c1-8-6-10-11(15-8)3-2-9(12(10)16)7-13(14)4-5-13/h2-3,6,15-16H,4-5,7,14H2,1H3. The topological polar surface area (TPSA) is 62.0 Å². The smallest absolute Gasteiger partial charge is 0.128 e. The van der Waals surface area contributed by atoms with Gasteiger partial charge >= 0.3 is 0 Å². The molecule has 0 bridgehead atoms. The number of aryl methyl sites for hydroxylation is 1. The number of H-pyrrole nitrogens is 1. The number of phenolic OH excluding ortho intramolecular Hbond substituents is 1. The number of aromatic amines is 1. The number of aromatic hydroxyl groups is 1. The van der Waals surface area contributed by atoms with Gasteiger partial charge in [-0.15, -0.1) is 0 Å². The zero-order valence-electron chi connectivity index (χ0n) is 9.38. The number of rotatable bonds is 2. The summed E-state index contributed by atoms with van der Waals surface area (Å²) in [5, 5.41) is 11.1. The van der Waals surface area contributed by atoms with Crippen LogP contribution in [-0.2, 0) is 6.42 Å². The molecule has 16 heavy (non-hydrogen) atoms. The molecule has 1 aliphatic carbocycles. The number of fused-ring (bicyclic) bond motifs is 1. The Bertz CT molecular complexity index is 552. The van der Waals surface area contributed by atoms with Crippen LogP contribution in [0.3, 0.4) is 0 Å². The second-order valence-corrected chi connectivity index (χ2v) is 5.03. The zero-order chi connectivity index (χ0) is 11.3. The van der Waals surface area contributed by atoms with Crippen LogP contribution in [-0.4, -0.2) is 15.6 Å². The molecular weight excluding hydrogens is 200 g/mol. The lowest BCUT2D eigenvalue weighted by Crippen LogP contribution is -2.24. The molecule has 1 saturated carbocycles. The van der Waals surface area contributed by atoms with Gasteiger partial charge in [0, 0.05) is 22.1 Å². The predicted octanol–water partition coefficient (Wildman–Crippen LogP) is 2.22. The highest BCUT2D eigenvalue weighted by molar-refractivity contribution is 5.87. The second kappa shape index (κ2) is 3.01. The molecule has 1 fully saturated rings. The molecule has 3 heteroatoms. The quantitative estimate of drug-likeness (QED) is 0.720. The fourth-order valence-electron chi connectivity index (χ4n) is 2.23. The molecule has 84 valence electrons. The van der Waals surface area contributed by atoms with Gasteiger partial charge in [-0.3, -0.25) is 0 Å². The van der Waals surface area contributed by atoms with Crippen molar-refractivity contribution in [2.45, 2.75) is 31.7 Å². The van der Waals surface area contributed by atoms with E-state index in [2.05, 4.69) is 4.98 Å². The van der Waals surface area contributed by atoms with E-state index in [0.717, 1.165) is 41.4 Å². The van der Waals surface area contributed by atoms with Crippen molar-refractivity contribution in [2.24, 2.45) is 5.73 Å². The number of nitrogens with two attached hydrogens (primary N) is 1. The molecule has 1 aliphatic rings. The Morgan fingerprint density at radius 3 is 2.88 bits per heavy atom. The minimum absolute atomic E-state index is 0.0590. The van der Waals surface area contributed by atoms with E-state index in [4.69, 9.17) is 5.73 Å². The second-order valence-electron chi connectivity index (χ2n) is 5.03. The summed E-state index contributed by atoms with van der Waals surface area (Å²) in [6, 6.07) is 5.97. The largest absolute Gasteiger partial charge is 0.507 e. The van der Waals surface area contributed by atoms with Crippen LogP contribution in [0.2, 0.25) is 0 Å². The Kier molecular flexibility index (Phi) is 1.83. The maximum atomic E-state index is 10.2. The van der Waals surface area contributed by atoms with Crippen molar-refractivity contribution in [1.82, 2.24) is 4.98 Å². The molecule has 3 nitrogen and oxygen atoms in total. The molecule has 4 N–H and O–H groups in total. The van der Waals surface area contributed by atoms with Crippen molar-refractivity contribution >= 4 is 10.9 Å². The Morgan fingerprint density at radius 1 is 1.44 bits per heavy atom. The summed E-state index contributed by atoms with van der Waals surface area (Å²) in [4.78, 5) is 3.21. The first kappa shape index (κ1) is 9.73. The Morgan fingerprint density at radius 2 is 2.19 bits per heavy atom. The van der Waals surface area contributed by atoms with E-state index >= 15 is 0 Å². The van der Waals surface area contributed by atoms with Gasteiger partial charge in [-0.2, -0.15) is 0 Å². The summed E-state index contributed by atoms with van der Waals surface area (Å²) in [6.07, 6.45) is 2.91. The highest BCUT2D eigenvalue weighted by atomic mass is 16.3. The van der Waals surface area contributed by atoms with Gasteiger partial charge in [-0.05, 0) is 43.9 Å². The lowest BCUT2D eigenvalue weighted by Gasteiger charge is -2.10. The molecule has 2 aromatic rings. The molecule has 1 aromatic carbocycles. The highest BCUT2D eigenvalue weighted by Gasteiger charge is 2.38. The van der Waals surface area contributed by atoms with Gasteiger partial charge in [0.2, 0.25) is 0 Å². The average Bonchev–Trinajstić information content (AvgIpc) is 2.81. The third-order valence-corrected chi connectivity index (χ3v) is 3.43. The van der Waals surface area contributed by atoms with E-state index in [0.29, 0.717) is 5.75 Å². The Balaban J connectivity index is 2.08. The molecule has 0 aliphatic heterocycles. The van der Waals surface area contributed by atoms with Crippen molar-refractivity contribution < 1.29 is 5.11 Å². The molecule has 0 radical (unpaired) electrons. The van der Waals surface area contributed by atoms with Gasteiger partial charge in [-0.25, -0.2) is 0 Å². The van der Waals surface area contributed by atoms with Gasteiger partial charge in [0.25, 0.3) is 0 Å². The third-order valence-electron chi connectivity index (χ3n) is 3.43. The number of hydrogen-bond acceptors (Lipinski definition) is 2. The highest BCUT2D eigenvalue weighted by Crippen LogP contribution is 2.39. The number of aromatic nitrogens is 1. The molecule has 0 unspecified atom stereocenters. The lowest BCUT2D eigenvalue weighted by molar-refractivity contribution is 0.470. The maximum absolute atomic E-state index is 10.2. The summed E-state index contributed by atoms with van der Waals surface area (Å²) in [5.74, 6) is 0.388. The Labute approximate surface area is 94.3 Å². The monoisotopic (exact) mass is 216 g/mol. The van der Waals surface area contributed by atoms with Crippen LogP contribution < -0.4 is 5.73 Å². The number of nitrogens with one attached hydrogen (secondary N) is 1. The third kappa shape index (κ3) is 1.48. The molecule has 1 heterocycles. The lowest BCUT2D eigenvalue weighted by atomic mass is 10.0. The van der Waals surface area contributed by atoms with Crippen molar-refractivity contribution in [3.8, 4) is 5.75 Å². The Hall–Kier alpha value is -1.48. The predicted molar refractivity (Wildman–Crippen MR) is 64.6 cm³/mol. The summed E-state index contributed by atoms with van der Waals surface area (Å²) in [5.41, 5.74) is 9.04. The number of phenols is 1. The van der Waals surface area contributed by atoms with Crippen LogP contribution in [0.1, 0.15) is 24.1 Å². The van der Waals surface area contributed by atoms with Gasteiger partial charge < -0.3 is 15.8 Å². The summed E-state index contributed by atoms with van der Waals surface area (Å²) in [6.45, 7) is 1.99. The number of benzene rings is 1. The van der Waals surface area contributed by atoms with E-state index in [1.807, 2.05) is 25.1 Å². The average molecular weight is 216 g/mol. The van der Waals surface area contributed by atoms with E-state index in [1.165, 1.54) is 0 Å². The van der Waals surface area contributed by atoms with E-state index in [9.17, 15) is 5.11 Å². The van der Waals surface area contributed by atoms with E-state index < -0.39 is 0 Å². The summed E-state index contributed by atoms with van der Waals surface area (Å²) < 4.78 is 0.